The molecule has 2 rings (SSSR count). The van der Waals surface area contributed by atoms with Crippen LogP contribution in [0.2, 0.25) is 0 Å². The monoisotopic (exact) mass is 287 g/mol. The Balaban J connectivity index is 1.96. The lowest BCUT2D eigenvalue weighted by Gasteiger charge is -2.22. The van der Waals surface area contributed by atoms with Gasteiger partial charge in [0.1, 0.15) is 6.04 Å². The Morgan fingerprint density at radius 3 is 2.76 bits per heavy atom. The van der Waals surface area contributed by atoms with E-state index in [1.54, 1.807) is 11.9 Å². The first-order valence-electron chi connectivity index (χ1n) is 7.10. The number of hydrogen-bond acceptors (Lipinski definition) is 3. The fourth-order valence-electron chi connectivity index (χ4n) is 2.54. The molecule has 2 atom stereocenters. The van der Waals surface area contributed by atoms with Gasteiger partial charge in [0.05, 0.1) is 0 Å². The van der Waals surface area contributed by atoms with E-state index in [0.29, 0.717) is 13.0 Å². The summed E-state index contributed by atoms with van der Waals surface area (Å²) in [6.07, 6.45) is 4.52. The Kier molecular flexibility index (Phi) is 5.11. The van der Waals surface area contributed by atoms with E-state index < -0.39 is 6.04 Å². The number of carbonyl (C=O) groups excluding carboxylic acids is 2. The van der Waals surface area contributed by atoms with E-state index >= 15 is 0 Å². The van der Waals surface area contributed by atoms with Gasteiger partial charge in [-0.1, -0.05) is 42.5 Å². The maximum atomic E-state index is 12.3. The van der Waals surface area contributed by atoms with Crippen LogP contribution in [-0.4, -0.2) is 42.4 Å². The van der Waals surface area contributed by atoms with Crippen molar-refractivity contribution in [2.45, 2.75) is 24.9 Å². The summed E-state index contributed by atoms with van der Waals surface area (Å²) in [7, 11) is 1.57. The molecule has 1 heterocycles. The normalized spacial score (nSPS) is 21.7. The zero-order valence-electron chi connectivity index (χ0n) is 12.2. The molecule has 0 unspecified atom stereocenters. The van der Waals surface area contributed by atoms with Gasteiger partial charge in [0, 0.05) is 26.1 Å². The van der Waals surface area contributed by atoms with Crippen LogP contribution in [0.3, 0.4) is 0 Å². The van der Waals surface area contributed by atoms with Gasteiger partial charge in [0.25, 0.3) is 0 Å². The number of carbonyl (C=O) groups is 2. The molecule has 5 nitrogen and oxygen atoms in total. The maximum absolute atomic E-state index is 12.3. The Morgan fingerprint density at radius 2 is 2.10 bits per heavy atom. The van der Waals surface area contributed by atoms with E-state index in [1.807, 2.05) is 42.5 Å². The highest BCUT2D eigenvalue weighted by Gasteiger charge is 2.36. The van der Waals surface area contributed by atoms with Crippen LogP contribution in [0.25, 0.3) is 6.08 Å². The van der Waals surface area contributed by atoms with Crippen molar-refractivity contribution in [2.24, 2.45) is 5.73 Å². The highest BCUT2D eigenvalue weighted by atomic mass is 16.2. The second kappa shape index (κ2) is 7.04. The second-order valence-corrected chi connectivity index (χ2v) is 5.19. The van der Waals surface area contributed by atoms with Crippen LogP contribution >= 0.6 is 0 Å². The van der Waals surface area contributed by atoms with Crippen molar-refractivity contribution >= 4 is 17.9 Å². The van der Waals surface area contributed by atoms with E-state index in [0.717, 1.165) is 5.56 Å². The first-order valence-corrected chi connectivity index (χ1v) is 7.10. The third-order valence-electron chi connectivity index (χ3n) is 3.61. The van der Waals surface area contributed by atoms with Gasteiger partial charge >= 0.3 is 0 Å². The molecule has 112 valence electrons. The summed E-state index contributed by atoms with van der Waals surface area (Å²) >= 11 is 0. The molecule has 1 aromatic carbocycles. The molecule has 0 spiro atoms. The Morgan fingerprint density at radius 1 is 1.38 bits per heavy atom. The van der Waals surface area contributed by atoms with Crippen LogP contribution < -0.4 is 11.1 Å². The molecule has 1 aliphatic heterocycles. The van der Waals surface area contributed by atoms with Gasteiger partial charge in [0.15, 0.2) is 0 Å². The summed E-state index contributed by atoms with van der Waals surface area (Å²) in [4.78, 5) is 25.6. The first-order chi connectivity index (χ1) is 10.1. The van der Waals surface area contributed by atoms with Crippen molar-refractivity contribution in [1.82, 2.24) is 10.2 Å². The quantitative estimate of drug-likeness (QED) is 0.858. The highest BCUT2D eigenvalue weighted by molar-refractivity contribution is 5.89. The predicted octanol–water partition coefficient (Wildman–Crippen LogP) is 0.764. The molecule has 0 saturated carbocycles. The SMILES string of the molecule is CNC(=O)[C@@H]1C[C@@H](N)CN1C(=O)CC=Cc1ccccc1. The van der Waals surface area contributed by atoms with Gasteiger partial charge in [0.2, 0.25) is 11.8 Å². The van der Waals surface area contributed by atoms with E-state index in [9.17, 15) is 9.59 Å². The van der Waals surface area contributed by atoms with Crippen molar-refractivity contribution < 1.29 is 9.59 Å². The van der Waals surface area contributed by atoms with Crippen molar-refractivity contribution in [3.8, 4) is 0 Å². The minimum Gasteiger partial charge on any atom is -0.357 e. The maximum Gasteiger partial charge on any atom is 0.242 e. The lowest BCUT2D eigenvalue weighted by atomic mass is 10.1. The zero-order valence-corrected chi connectivity index (χ0v) is 12.2. The van der Waals surface area contributed by atoms with E-state index in [2.05, 4.69) is 5.32 Å². The molecule has 1 aromatic rings. The number of hydrogen-bond donors (Lipinski definition) is 2. The van der Waals surface area contributed by atoms with Crippen LogP contribution in [0.15, 0.2) is 36.4 Å². The molecule has 0 bridgehead atoms. The lowest BCUT2D eigenvalue weighted by Crippen LogP contribution is -2.44. The number of likely N-dealkylation sites (tertiary alicyclic amines) is 1. The zero-order chi connectivity index (χ0) is 15.2. The first kappa shape index (κ1) is 15.3. The molecule has 5 heteroatoms. The summed E-state index contributed by atoms with van der Waals surface area (Å²) in [6, 6.07) is 9.21. The van der Waals surface area contributed by atoms with Crippen LogP contribution in [0.4, 0.5) is 0 Å². The molecular weight excluding hydrogens is 266 g/mol. The third-order valence-corrected chi connectivity index (χ3v) is 3.61. The van der Waals surface area contributed by atoms with E-state index in [-0.39, 0.29) is 24.3 Å². The molecule has 21 heavy (non-hydrogen) atoms. The predicted molar refractivity (Wildman–Crippen MR) is 82.3 cm³/mol. The molecule has 3 N–H and O–H groups in total. The molecule has 0 aromatic heterocycles. The highest BCUT2D eigenvalue weighted by Crippen LogP contribution is 2.18. The average molecular weight is 287 g/mol. The Hall–Kier alpha value is -2.14. The van der Waals surface area contributed by atoms with Crippen LogP contribution in [0.1, 0.15) is 18.4 Å². The van der Waals surface area contributed by atoms with Crippen LogP contribution in [0.5, 0.6) is 0 Å². The van der Waals surface area contributed by atoms with Crippen LogP contribution in [0, 0.1) is 0 Å². The minimum absolute atomic E-state index is 0.0660. The van der Waals surface area contributed by atoms with Gasteiger partial charge in [-0.15, -0.1) is 0 Å². The molecule has 1 fully saturated rings. The van der Waals surface area contributed by atoms with Gasteiger partial charge in [-0.05, 0) is 12.0 Å². The number of rotatable bonds is 4. The molecule has 1 aliphatic rings. The summed E-state index contributed by atoms with van der Waals surface area (Å²) in [5, 5.41) is 2.59. The summed E-state index contributed by atoms with van der Waals surface area (Å²) < 4.78 is 0. The molecule has 2 amide bonds. The van der Waals surface area contributed by atoms with Gasteiger partial charge in [-0.2, -0.15) is 0 Å². The fraction of sp³-hybridized carbons (Fsp3) is 0.375. The van der Waals surface area contributed by atoms with Crippen molar-refractivity contribution in [1.29, 1.82) is 0 Å². The lowest BCUT2D eigenvalue weighted by molar-refractivity contribution is -0.137. The molecular formula is C16H21N3O2. The van der Waals surface area contributed by atoms with Gasteiger partial charge < -0.3 is 16.0 Å². The number of nitrogens with zero attached hydrogens (tertiary/aromatic N) is 1. The number of amides is 2. The topological polar surface area (TPSA) is 75.4 Å². The Bertz CT molecular complexity index is 528. The number of likely N-dealkylation sites (N-methyl/N-ethyl adjacent to an activating group) is 1. The third kappa shape index (κ3) is 3.92. The van der Waals surface area contributed by atoms with E-state index in [1.165, 1.54) is 0 Å². The Labute approximate surface area is 124 Å². The molecule has 0 radical (unpaired) electrons. The van der Waals surface area contributed by atoms with E-state index in [4.69, 9.17) is 5.73 Å². The average Bonchev–Trinajstić information content (AvgIpc) is 2.89. The fourth-order valence-corrected chi connectivity index (χ4v) is 2.54. The van der Waals surface area contributed by atoms with Gasteiger partial charge in [-0.25, -0.2) is 0 Å². The smallest absolute Gasteiger partial charge is 0.242 e. The van der Waals surface area contributed by atoms with Gasteiger partial charge in [-0.3, -0.25) is 9.59 Å². The largest absolute Gasteiger partial charge is 0.357 e. The van der Waals surface area contributed by atoms with Crippen molar-refractivity contribution in [3.05, 3.63) is 42.0 Å². The summed E-state index contributed by atoms with van der Waals surface area (Å²) in [5.41, 5.74) is 6.92. The molecule has 1 saturated heterocycles. The summed E-state index contributed by atoms with van der Waals surface area (Å²) in [5.74, 6) is -0.216. The molecule has 0 aliphatic carbocycles. The van der Waals surface area contributed by atoms with Crippen molar-refractivity contribution in [2.75, 3.05) is 13.6 Å². The van der Waals surface area contributed by atoms with Crippen molar-refractivity contribution in [3.63, 3.8) is 0 Å². The van der Waals surface area contributed by atoms with Crippen LogP contribution in [-0.2, 0) is 9.59 Å². The minimum atomic E-state index is -0.442. The number of benzene rings is 1. The number of nitrogens with two attached hydrogens (primary N) is 1. The second-order valence-electron chi connectivity index (χ2n) is 5.19. The standard InChI is InChI=1S/C16H21N3O2/c1-18-16(21)14-10-13(17)11-19(14)15(20)9-5-8-12-6-3-2-4-7-12/h2-8,13-14H,9-11,17H2,1H3,(H,18,21)/t13-,14+/m1/s1. The summed E-state index contributed by atoms with van der Waals surface area (Å²) in [6.45, 7) is 0.441. The number of nitrogens with one attached hydrogen (secondary N) is 1.